The average Bonchev–Trinajstić information content (AvgIpc) is 2.90. The maximum absolute atomic E-state index is 13.6. The predicted octanol–water partition coefficient (Wildman–Crippen LogP) is 4.74. The van der Waals surface area contributed by atoms with Crippen molar-refractivity contribution < 1.29 is 26.4 Å². The van der Waals surface area contributed by atoms with Gasteiger partial charge >= 0.3 is 0 Å². The lowest BCUT2D eigenvalue weighted by Gasteiger charge is -2.27. The van der Waals surface area contributed by atoms with E-state index >= 15 is 0 Å². The molecule has 3 aromatic carbocycles. The first kappa shape index (κ1) is 27.4. The molecule has 0 aliphatic carbocycles. The van der Waals surface area contributed by atoms with E-state index in [2.05, 4.69) is 4.98 Å². The fraction of sp³-hybridized carbons (Fsp3) is 0.154. The van der Waals surface area contributed by atoms with Gasteiger partial charge in [0.15, 0.2) is 12.5 Å². The molecule has 4 rings (SSSR count). The summed E-state index contributed by atoms with van der Waals surface area (Å²) >= 11 is 5.94. The molecule has 12 heteroatoms. The number of anilines is 2. The first-order chi connectivity index (χ1) is 18.1. The van der Waals surface area contributed by atoms with Crippen LogP contribution in [0.3, 0.4) is 0 Å². The van der Waals surface area contributed by atoms with E-state index in [9.17, 15) is 21.6 Å². The van der Waals surface area contributed by atoms with E-state index in [0.29, 0.717) is 15.8 Å². The van der Waals surface area contributed by atoms with Gasteiger partial charge in [0.2, 0.25) is 0 Å². The van der Waals surface area contributed by atoms with Crippen LogP contribution in [0.2, 0.25) is 5.02 Å². The van der Waals surface area contributed by atoms with Crippen molar-refractivity contribution in [2.45, 2.75) is 23.6 Å². The van der Waals surface area contributed by atoms with Gasteiger partial charge in [0.1, 0.15) is 0 Å². The number of rotatable bonds is 10. The summed E-state index contributed by atoms with van der Waals surface area (Å²) in [6.07, 6.45) is 1.30. The van der Waals surface area contributed by atoms with Gasteiger partial charge in [-0.05, 0) is 50.2 Å². The van der Waals surface area contributed by atoms with Crippen molar-refractivity contribution in [3.05, 3.63) is 89.6 Å². The SMILES string of the molecule is CCN(c1cnc(N(COC=O)S(=O)(=O)c2ccc(C)cc2)c2ccccc12)S(=O)(=O)c1ccc(Cl)cc1. The summed E-state index contributed by atoms with van der Waals surface area (Å²) in [4.78, 5) is 15.4. The number of aromatic nitrogens is 1. The van der Waals surface area contributed by atoms with Crippen LogP contribution in [0.4, 0.5) is 11.5 Å². The van der Waals surface area contributed by atoms with Crippen molar-refractivity contribution in [1.29, 1.82) is 0 Å². The van der Waals surface area contributed by atoms with Gasteiger partial charge in [-0.15, -0.1) is 0 Å². The van der Waals surface area contributed by atoms with E-state index in [1.165, 1.54) is 46.9 Å². The summed E-state index contributed by atoms with van der Waals surface area (Å²) in [6, 6.07) is 18.7. The number of nitrogens with zero attached hydrogens (tertiary/aromatic N) is 3. The van der Waals surface area contributed by atoms with Crippen LogP contribution < -0.4 is 8.61 Å². The number of ether oxygens (including phenoxy) is 1. The van der Waals surface area contributed by atoms with E-state index in [4.69, 9.17) is 16.3 Å². The lowest BCUT2D eigenvalue weighted by molar-refractivity contribution is -0.128. The smallest absolute Gasteiger partial charge is 0.294 e. The molecule has 0 atom stereocenters. The lowest BCUT2D eigenvalue weighted by Crippen LogP contribution is -2.35. The molecule has 0 bridgehead atoms. The molecular formula is C26H24ClN3O6S2. The molecule has 0 N–H and O–H groups in total. The van der Waals surface area contributed by atoms with Gasteiger partial charge in [0, 0.05) is 22.3 Å². The third-order valence-corrected chi connectivity index (χ3v) is 9.70. The molecule has 0 aliphatic rings. The molecule has 0 fully saturated rings. The molecule has 1 aromatic heterocycles. The largest absolute Gasteiger partial charge is 0.445 e. The maximum Gasteiger partial charge on any atom is 0.294 e. The summed E-state index contributed by atoms with van der Waals surface area (Å²) in [7, 11) is -8.21. The Balaban J connectivity index is 1.90. The van der Waals surface area contributed by atoms with Gasteiger partial charge in [-0.3, -0.25) is 9.10 Å². The second-order valence-corrected chi connectivity index (χ2v) is 12.4. The van der Waals surface area contributed by atoms with Gasteiger partial charge in [0.05, 0.1) is 21.7 Å². The number of hydrogen-bond donors (Lipinski definition) is 0. The van der Waals surface area contributed by atoms with Crippen LogP contribution in [0, 0.1) is 6.92 Å². The number of fused-ring (bicyclic) bond motifs is 1. The van der Waals surface area contributed by atoms with Gasteiger partial charge < -0.3 is 4.74 Å². The highest BCUT2D eigenvalue weighted by molar-refractivity contribution is 7.93. The molecular weight excluding hydrogens is 550 g/mol. The monoisotopic (exact) mass is 573 g/mol. The third kappa shape index (κ3) is 5.17. The van der Waals surface area contributed by atoms with Gasteiger partial charge in [0.25, 0.3) is 26.5 Å². The van der Waals surface area contributed by atoms with Crippen molar-refractivity contribution in [3.63, 3.8) is 0 Å². The maximum atomic E-state index is 13.6. The van der Waals surface area contributed by atoms with E-state index in [-0.39, 0.29) is 34.3 Å². The Labute approximate surface area is 226 Å². The van der Waals surface area contributed by atoms with Crippen LogP contribution in [0.25, 0.3) is 10.8 Å². The second kappa shape index (κ2) is 11.0. The molecule has 0 radical (unpaired) electrons. The Morgan fingerprint density at radius 3 is 1.97 bits per heavy atom. The topological polar surface area (TPSA) is 114 Å². The summed E-state index contributed by atoms with van der Waals surface area (Å²) in [5.41, 5.74) is 1.12. The first-order valence-electron chi connectivity index (χ1n) is 11.4. The standard InChI is InChI=1S/C26H24ClN3O6S2/c1-3-29(37(32,33)22-14-10-20(27)11-15-22)25-16-28-26(24-7-5-4-6-23(24)25)30(17-36-18-31)38(34,35)21-12-8-19(2)9-13-21/h4-16,18H,3,17H2,1-2H3. The first-order valence-corrected chi connectivity index (χ1v) is 14.7. The van der Waals surface area contributed by atoms with Crippen LogP contribution in [0.5, 0.6) is 0 Å². The normalized spacial score (nSPS) is 11.8. The van der Waals surface area contributed by atoms with Crippen LogP contribution >= 0.6 is 11.6 Å². The lowest BCUT2D eigenvalue weighted by atomic mass is 10.1. The number of carbonyl (C=O) groups excluding carboxylic acids is 1. The van der Waals surface area contributed by atoms with E-state index in [1.54, 1.807) is 43.3 Å². The zero-order chi connectivity index (χ0) is 27.5. The molecule has 0 amide bonds. The predicted molar refractivity (Wildman–Crippen MR) is 146 cm³/mol. The minimum absolute atomic E-state index is 0.0203. The third-order valence-electron chi connectivity index (χ3n) is 5.82. The summed E-state index contributed by atoms with van der Waals surface area (Å²) < 4.78 is 61.2. The van der Waals surface area contributed by atoms with Crippen LogP contribution in [-0.4, -0.2) is 41.6 Å². The van der Waals surface area contributed by atoms with Crippen molar-refractivity contribution >= 4 is 60.4 Å². The molecule has 1 heterocycles. The molecule has 4 aromatic rings. The number of benzene rings is 3. The van der Waals surface area contributed by atoms with Crippen molar-refractivity contribution in [2.24, 2.45) is 0 Å². The highest BCUT2D eigenvalue weighted by Crippen LogP contribution is 2.36. The number of halogens is 1. The average molecular weight is 574 g/mol. The van der Waals surface area contributed by atoms with Gasteiger partial charge in [-0.2, -0.15) is 0 Å². The second-order valence-electron chi connectivity index (χ2n) is 8.19. The number of sulfonamides is 2. The van der Waals surface area contributed by atoms with Crippen LogP contribution in [0.1, 0.15) is 12.5 Å². The Morgan fingerprint density at radius 1 is 0.842 bits per heavy atom. The number of carbonyl (C=O) groups is 1. The van der Waals surface area contributed by atoms with Crippen LogP contribution in [-0.2, 0) is 29.6 Å². The zero-order valence-electron chi connectivity index (χ0n) is 20.5. The molecule has 38 heavy (non-hydrogen) atoms. The zero-order valence-corrected chi connectivity index (χ0v) is 22.9. The Kier molecular flexibility index (Phi) is 7.91. The Hall–Kier alpha value is -3.67. The molecule has 9 nitrogen and oxygen atoms in total. The van der Waals surface area contributed by atoms with Gasteiger partial charge in [-0.25, -0.2) is 26.1 Å². The molecule has 0 saturated heterocycles. The van der Waals surface area contributed by atoms with E-state index < -0.39 is 26.8 Å². The fourth-order valence-electron chi connectivity index (χ4n) is 3.94. The molecule has 0 unspecified atom stereocenters. The minimum Gasteiger partial charge on any atom is -0.445 e. The number of aryl methyl sites for hydroxylation is 1. The molecule has 198 valence electrons. The van der Waals surface area contributed by atoms with Gasteiger partial charge in [-0.1, -0.05) is 53.6 Å². The Morgan fingerprint density at radius 2 is 1.39 bits per heavy atom. The number of hydrogen-bond acceptors (Lipinski definition) is 7. The molecule has 0 spiro atoms. The minimum atomic E-state index is -4.21. The van der Waals surface area contributed by atoms with Crippen molar-refractivity contribution in [1.82, 2.24) is 4.98 Å². The molecule has 0 saturated carbocycles. The summed E-state index contributed by atoms with van der Waals surface area (Å²) in [5.74, 6) is -0.0216. The Bertz CT molecular complexity index is 1680. The summed E-state index contributed by atoms with van der Waals surface area (Å²) in [6.45, 7) is 3.11. The van der Waals surface area contributed by atoms with Crippen molar-refractivity contribution in [3.8, 4) is 0 Å². The molecule has 0 aliphatic heterocycles. The van der Waals surface area contributed by atoms with E-state index in [0.717, 1.165) is 9.87 Å². The van der Waals surface area contributed by atoms with E-state index in [1.807, 2.05) is 6.92 Å². The number of pyridine rings is 1. The fourth-order valence-corrected chi connectivity index (χ4v) is 6.86. The van der Waals surface area contributed by atoms with Crippen molar-refractivity contribution in [2.75, 3.05) is 21.9 Å². The summed E-state index contributed by atoms with van der Waals surface area (Å²) in [5, 5.41) is 1.18. The van der Waals surface area contributed by atoms with Crippen LogP contribution in [0.15, 0.2) is 88.8 Å². The highest BCUT2D eigenvalue weighted by atomic mass is 35.5. The quantitative estimate of drug-likeness (QED) is 0.199. The highest BCUT2D eigenvalue weighted by Gasteiger charge is 2.31.